The summed E-state index contributed by atoms with van der Waals surface area (Å²) in [5, 5.41) is 14.9. The molecule has 1 aliphatic heterocycles. The zero-order chi connectivity index (χ0) is 29.9. The molecule has 6 atom stereocenters. The van der Waals surface area contributed by atoms with Gasteiger partial charge in [0.15, 0.2) is 0 Å². The van der Waals surface area contributed by atoms with Gasteiger partial charge < -0.3 is 29.4 Å². The highest BCUT2D eigenvalue weighted by atomic mass is 16.6. The van der Waals surface area contributed by atoms with Crippen molar-refractivity contribution < 1.29 is 28.8 Å². The molecule has 1 amide bonds. The van der Waals surface area contributed by atoms with E-state index < -0.39 is 36.6 Å². The average Bonchev–Trinajstić information content (AvgIpc) is 3.05. The summed E-state index contributed by atoms with van der Waals surface area (Å²) in [6, 6.07) is 29.3. The van der Waals surface area contributed by atoms with Crippen LogP contribution in [0.1, 0.15) is 55.7 Å². The summed E-state index contributed by atoms with van der Waals surface area (Å²) in [5.74, 6) is -0.110. The fourth-order valence-electron chi connectivity index (χ4n) is 6.34. The Balaban J connectivity index is 1.44. The van der Waals surface area contributed by atoms with E-state index >= 15 is 0 Å². The normalized spacial score (nSPS) is 25.2. The molecule has 2 fully saturated rings. The van der Waals surface area contributed by atoms with E-state index in [1.54, 1.807) is 0 Å². The van der Waals surface area contributed by atoms with Crippen molar-refractivity contribution in [2.45, 2.75) is 95.4 Å². The topological polar surface area (TPSA) is 86.3 Å². The van der Waals surface area contributed by atoms with Crippen molar-refractivity contribution >= 4 is 5.91 Å². The van der Waals surface area contributed by atoms with E-state index in [-0.39, 0.29) is 18.4 Å². The van der Waals surface area contributed by atoms with Gasteiger partial charge in [0.05, 0.1) is 38.6 Å². The molecular weight excluding hydrogens is 542 g/mol. The van der Waals surface area contributed by atoms with Gasteiger partial charge in [0.25, 0.3) is 0 Å². The van der Waals surface area contributed by atoms with Gasteiger partial charge in [-0.05, 0) is 35.4 Å². The van der Waals surface area contributed by atoms with Gasteiger partial charge in [0.1, 0.15) is 24.4 Å². The predicted molar refractivity (Wildman–Crippen MR) is 165 cm³/mol. The third-order valence-corrected chi connectivity index (χ3v) is 8.53. The Morgan fingerprint density at radius 1 is 0.791 bits per heavy atom. The van der Waals surface area contributed by atoms with Crippen molar-refractivity contribution in [2.24, 2.45) is 5.92 Å². The molecule has 0 spiro atoms. The highest BCUT2D eigenvalue weighted by Gasteiger charge is 2.51. The maximum absolute atomic E-state index is 12.6. The van der Waals surface area contributed by atoms with E-state index in [4.69, 9.17) is 18.9 Å². The number of nitrogens with one attached hydrogen (secondary N) is 1. The van der Waals surface area contributed by atoms with E-state index in [1.807, 2.05) is 91.0 Å². The van der Waals surface area contributed by atoms with Gasteiger partial charge in [0, 0.05) is 6.92 Å². The van der Waals surface area contributed by atoms with E-state index in [2.05, 4.69) is 5.32 Å². The van der Waals surface area contributed by atoms with Crippen LogP contribution in [0, 0.1) is 5.92 Å². The van der Waals surface area contributed by atoms with E-state index in [0.29, 0.717) is 19.8 Å². The van der Waals surface area contributed by atoms with Crippen LogP contribution in [0.15, 0.2) is 91.0 Å². The zero-order valence-corrected chi connectivity index (χ0v) is 25.1. The Kier molecular flexibility index (Phi) is 11.8. The monoisotopic (exact) mass is 587 g/mol. The summed E-state index contributed by atoms with van der Waals surface area (Å²) in [6.45, 7) is 2.84. The number of carbonyl (C=O) groups is 1. The minimum atomic E-state index is -0.758. The van der Waals surface area contributed by atoms with Gasteiger partial charge in [-0.2, -0.15) is 0 Å². The summed E-state index contributed by atoms with van der Waals surface area (Å²) in [6.07, 6.45) is 2.11. The molecule has 0 aromatic heterocycles. The molecule has 1 aliphatic carbocycles. The third-order valence-electron chi connectivity index (χ3n) is 8.53. The molecule has 43 heavy (non-hydrogen) atoms. The highest BCUT2D eigenvalue weighted by Crippen LogP contribution is 2.35. The molecule has 7 heteroatoms. The van der Waals surface area contributed by atoms with Crippen molar-refractivity contribution in [3.8, 4) is 0 Å². The van der Waals surface area contributed by atoms with Crippen LogP contribution in [0.2, 0.25) is 0 Å². The largest absolute Gasteiger partial charge is 0.390 e. The van der Waals surface area contributed by atoms with Crippen molar-refractivity contribution in [2.75, 3.05) is 6.61 Å². The first-order valence-corrected chi connectivity index (χ1v) is 15.6. The maximum Gasteiger partial charge on any atom is 0.217 e. The first-order chi connectivity index (χ1) is 21.1. The summed E-state index contributed by atoms with van der Waals surface area (Å²) in [5.41, 5.74) is 3.10. The van der Waals surface area contributed by atoms with Gasteiger partial charge in [0.2, 0.25) is 5.91 Å². The Bertz CT molecular complexity index is 1220. The van der Waals surface area contributed by atoms with E-state index in [1.165, 1.54) is 13.3 Å². The lowest BCUT2D eigenvalue weighted by atomic mass is 9.79. The highest BCUT2D eigenvalue weighted by molar-refractivity contribution is 5.73. The molecule has 7 nitrogen and oxygen atoms in total. The van der Waals surface area contributed by atoms with Gasteiger partial charge >= 0.3 is 0 Å². The minimum Gasteiger partial charge on any atom is -0.390 e. The molecule has 230 valence electrons. The maximum atomic E-state index is 12.6. The molecule has 3 aromatic rings. The lowest BCUT2D eigenvalue weighted by Crippen LogP contribution is -2.68. The van der Waals surface area contributed by atoms with Gasteiger partial charge in [-0.15, -0.1) is 0 Å². The summed E-state index contributed by atoms with van der Waals surface area (Å²) in [7, 11) is 0. The van der Waals surface area contributed by atoms with Crippen molar-refractivity contribution in [3.63, 3.8) is 0 Å². The van der Waals surface area contributed by atoms with Gasteiger partial charge in [-0.25, -0.2) is 0 Å². The third kappa shape index (κ3) is 8.97. The van der Waals surface area contributed by atoms with Crippen molar-refractivity contribution in [1.82, 2.24) is 5.32 Å². The number of benzene rings is 3. The molecule has 0 radical (unpaired) electrons. The average molecular weight is 588 g/mol. The summed E-state index contributed by atoms with van der Waals surface area (Å²) in [4.78, 5) is 12.6. The van der Waals surface area contributed by atoms with E-state index in [9.17, 15) is 9.90 Å². The molecule has 1 saturated carbocycles. The Morgan fingerprint density at radius 2 is 1.30 bits per heavy atom. The van der Waals surface area contributed by atoms with Crippen LogP contribution in [0.25, 0.3) is 0 Å². The number of ether oxygens (including phenoxy) is 4. The van der Waals surface area contributed by atoms with Crippen LogP contribution in [-0.4, -0.2) is 54.2 Å². The fraction of sp³-hybridized carbons (Fsp3) is 0.472. The van der Waals surface area contributed by atoms with Gasteiger partial charge in [-0.3, -0.25) is 4.79 Å². The van der Waals surface area contributed by atoms with Crippen LogP contribution in [0.3, 0.4) is 0 Å². The van der Waals surface area contributed by atoms with Crippen LogP contribution < -0.4 is 5.32 Å². The number of amides is 1. The molecule has 0 bridgehead atoms. The fourth-order valence-corrected chi connectivity index (χ4v) is 6.34. The number of carbonyl (C=O) groups excluding carboxylic acids is 1. The predicted octanol–water partition coefficient (Wildman–Crippen LogP) is 5.59. The second-order valence-corrected chi connectivity index (χ2v) is 11.8. The first kappa shape index (κ1) is 31.4. The number of rotatable bonds is 13. The molecule has 1 unspecified atom stereocenters. The van der Waals surface area contributed by atoms with E-state index in [0.717, 1.165) is 42.4 Å². The zero-order valence-electron chi connectivity index (χ0n) is 25.1. The number of aliphatic hydroxyl groups is 1. The van der Waals surface area contributed by atoms with Crippen molar-refractivity contribution in [1.29, 1.82) is 0 Å². The number of hydrogen-bond donors (Lipinski definition) is 2. The van der Waals surface area contributed by atoms with Crippen molar-refractivity contribution in [3.05, 3.63) is 108 Å². The Morgan fingerprint density at radius 3 is 1.84 bits per heavy atom. The van der Waals surface area contributed by atoms with Crippen LogP contribution in [0.4, 0.5) is 0 Å². The quantitative estimate of drug-likeness (QED) is 0.271. The molecule has 1 heterocycles. The Labute approximate surface area is 255 Å². The van der Waals surface area contributed by atoms with Crippen LogP contribution in [0.5, 0.6) is 0 Å². The Hall–Kier alpha value is -3.07. The number of aliphatic hydroxyl groups excluding tert-OH is 1. The van der Waals surface area contributed by atoms with Gasteiger partial charge in [-0.1, -0.05) is 110 Å². The SMILES string of the molecule is CC(=O)N[C@@H]1[C@@H](OCc2ccccc2)[C@H](OCc2ccccc2)[C@@H](COCc2ccccc2)O[C@@H]1C(O)C1CCCCC1. The molecular formula is C36H45NO6. The smallest absolute Gasteiger partial charge is 0.217 e. The lowest BCUT2D eigenvalue weighted by molar-refractivity contribution is -0.252. The molecule has 1 saturated heterocycles. The first-order valence-electron chi connectivity index (χ1n) is 15.6. The minimum absolute atomic E-state index is 0.0949. The standard InChI is InChI=1S/C36H45NO6/c1-26(38)37-32-35(33(39)30-20-12-5-13-21-30)43-31(25-40-22-27-14-6-2-7-15-27)34(41-23-28-16-8-3-9-17-28)36(32)42-24-29-18-10-4-11-19-29/h2-4,6-11,14-19,30-36,39H,5,12-13,20-25H2,1H3,(H,37,38)/t31-,32+,33?,34-,35+,36-/m1/s1. The second-order valence-electron chi connectivity index (χ2n) is 11.8. The summed E-state index contributed by atoms with van der Waals surface area (Å²) >= 11 is 0. The molecule has 2 N–H and O–H groups in total. The lowest BCUT2D eigenvalue weighted by Gasteiger charge is -2.49. The second kappa shape index (κ2) is 16.1. The molecule has 5 rings (SSSR count). The molecule has 3 aromatic carbocycles. The van der Waals surface area contributed by atoms with Crippen LogP contribution in [-0.2, 0) is 43.6 Å². The number of hydrogen-bond acceptors (Lipinski definition) is 6. The molecule has 2 aliphatic rings. The summed E-state index contributed by atoms with van der Waals surface area (Å²) < 4.78 is 26.2. The van der Waals surface area contributed by atoms with Crippen LogP contribution >= 0.6 is 0 Å².